The number of halogens is 1. The van der Waals surface area contributed by atoms with Crippen LogP contribution in [0.25, 0.3) is 22.0 Å². The number of ether oxygens (including phenoxy) is 2. The van der Waals surface area contributed by atoms with E-state index in [2.05, 4.69) is 63.6 Å². The van der Waals surface area contributed by atoms with Gasteiger partial charge >= 0.3 is 6.09 Å². The summed E-state index contributed by atoms with van der Waals surface area (Å²) in [6.07, 6.45) is 11.3. The van der Waals surface area contributed by atoms with Gasteiger partial charge < -0.3 is 34.5 Å². The molecule has 0 spiro atoms. The van der Waals surface area contributed by atoms with Crippen LogP contribution in [0.5, 0.6) is 5.75 Å². The zero-order valence-electron chi connectivity index (χ0n) is 34.0. The van der Waals surface area contributed by atoms with Gasteiger partial charge in [0.2, 0.25) is 5.95 Å². The maximum Gasteiger partial charge on any atom is 0.410 e. The molecule has 5 aromatic rings. The number of rotatable bonds is 10. The van der Waals surface area contributed by atoms with Crippen molar-refractivity contribution in [1.29, 1.82) is 0 Å². The number of hydrogen-bond acceptors (Lipinski definition) is 12. The summed E-state index contributed by atoms with van der Waals surface area (Å²) in [6, 6.07) is 12.5. The Kier molecular flexibility index (Phi) is 11.2. The highest BCUT2D eigenvalue weighted by Gasteiger charge is 2.33. The fraction of sp³-hybridized carbons (Fsp3) is 0.452. The first-order valence-corrected chi connectivity index (χ1v) is 23.4. The molecule has 2 aromatic carbocycles. The van der Waals surface area contributed by atoms with Crippen molar-refractivity contribution >= 4 is 74.2 Å². The Labute approximate surface area is 348 Å². The average Bonchev–Trinajstić information content (AvgIpc) is 3.90. The molecule has 306 valence electrons. The average molecular weight is 872 g/mol. The number of anilines is 5. The Bertz CT molecular complexity index is 2360. The Morgan fingerprint density at radius 3 is 2.33 bits per heavy atom. The summed E-state index contributed by atoms with van der Waals surface area (Å²) in [5, 5.41) is 13.0. The molecule has 1 saturated carbocycles. The lowest BCUT2D eigenvalue weighted by molar-refractivity contribution is 0.00901. The number of aryl methyl sites for hydroxylation is 1. The Balaban J connectivity index is 1.05. The quantitative estimate of drug-likeness (QED) is 0.131. The van der Waals surface area contributed by atoms with Gasteiger partial charge in [-0.3, -0.25) is 14.6 Å². The fourth-order valence-corrected chi connectivity index (χ4v) is 9.57. The second-order valence-electron chi connectivity index (χ2n) is 16.8. The molecule has 1 aliphatic carbocycles. The number of nitrogens with one attached hydrogen (secondary N) is 2. The Morgan fingerprint density at radius 1 is 0.914 bits per heavy atom. The van der Waals surface area contributed by atoms with Crippen LogP contribution < -0.4 is 25.6 Å². The predicted molar refractivity (Wildman–Crippen MR) is 234 cm³/mol. The molecule has 16 heteroatoms. The highest BCUT2D eigenvalue weighted by molar-refractivity contribution is 9.10. The summed E-state index contributed by atoms with van der Waals surface area (Å²) in [4.78, 5) is 33.7. The molecule has 2 N–H and O–H groups in total. The smallest absolute Gasteiger partial charge is 0.410 e. The number of carbonyl (C=O) groups excluding carboxylic acids is 1. The van der Waals surface area contributed by atoms with E-state index in [0.717, 1.165) is 96.3 Å². The summed E-state index contributed by atoms with van der Waals surface area (Å²) in [6.45, 7) is 14.1. The molecule has 3 aromatic heterocycles. The minimum atomic E-state index is -2.73. The third-order valence-corrected chi connectivity index (χ3v) is 12.9. The zero-order chi connectivity index (χ0) is 40.8. The number of benzene rings is 2. The topological polar surface area (TPSA) is 143 Å². The normalized spacial score (nSPS) is 17.1. The molecular weight excluding hydrogens is 819 g/mol. The first-order valence-electron chi connectivity index (χ1n) is 20.0. The van der Waals surface area contributed by atoms with Crippen LogP contribution in [0.2, 0.25) is 0 Å². The van der Waals surface area contributed by atoms with E-state index in [-0.39, 0.29) is 12.2 Å². The second kappa shape index (κ2) is 16.1. The number of para-hydroxylation sites is 1. The predicted octanol–water partition coefficient (Wildman–Crippen LogP) is 7.99. The molecular formula is C42H52BrN10O4P. The molecule has 58 heavy (non-hydrogen) atoms. The van der Waals surface area contributed by atoms with Crippen LogP contribution in [-0.2, 0) is 16.3 Å². The number of nitrogens with zero attached hydrogens (tertiary/aromatic N) is 8. The summed E-state index contributed by atoms with van der Waals surface area (Å²) in [7, 11) is -0.802. The summed E-state index contributed by atoms with van der Waals surface area (Å²) < 4.78 is 28.3. The number of amides is 1. The van der Waals surface area contributed by atoms with Gasteiger partial charge in [0, 0.05) is 98.3 Å². The SMILES string of the molecule is Cn1cc(-c2cc(Nc3ncc(Br)c(Nc4cnc5ccccc5c4P(C)(C)=O)n3)c(OC3CC3)cc2N2CCC(N3CCN(C(=O)OC(C)(C)C)CC3)CC2)cn1. The van der Waals surface area contributed by atoms with Crippen LogP contribution in [0.1, 0.15) is 46.5 Å². The maximum atomic E-state index is 13.6. The Morgan fingerprint density at radius 2 is 1.66 bits per heavy atom. The van der Waals surface area contributed by atoms with Crippen molar-refractivity contribution in [3.05, 3.63) is 65.7 Å². The number of carbonyl (C=O) groups is 1. The van der Waals surface area contributed by atoms with Crippen LogP contribution >= 0.6 is 23.1 Å². The number of pyridine rings is 1. The maximum absolute atomic E-state index is 13.6. The monoisotopic (exact) mass is 870 g/mol. The van der Waals surface area contributed by atoms with Gasteiger partial charge in [-0.2, -0.15) is 10.1 Å². The molecule has 2 aliphatic heterocycles. The van der Waals surface area contributed by atoms with Gasteiger partial charge in [0.1, 0.15) is 24.3 Å². The number of fused-ring (bicyclic) bond motifs is 1. The molecule has 0 atom stereocenters. The third kappa shape index (κ3) is 9.11. The summed E-state index contributed by atoms with van der Waals surface area (Å²) >= 11 is 3.63. The largest absolute Gasteiger partial charge is 0.488 e. The van der Waals surface area contributed by atoms with Crippen molar-refractivity contribution in [2.75, 3.05) is 68.1 Å². The molecule has 3 fully saturated rings. The molecule has 2 saturated heterocycles. The van der Waals surface area contributed by atoms with Crippen molar-refractivity contribution < 1.29 is 18.8 Å². The highest BCUT2D eigenvalue weighted by atomic mass is 79.9. The summed E-state index contributed by atoms with van der Waals surface area (Å²) in [5.74, 6) is 1.62. The van der Waals surface area contributed by atoms with E-state index in [1.165, 1.54) is 0 Å². The van der Waals surface area contributed by atoms with Crippen LogP contribution in [0.4, 0.5) is 33.6 Å². The highest BCUT2D eigenvalue weighted by Crippen LogP contribution is 2.44. The molecule has 5 heterocycles. The van der Waals surface area contributed by atoms with Crippen molar-refractivity contribution in [3.63, 3.8) is 0 Å². The Hall–Kier alpha value is -4.72. The van der Waals surface area contributed by atoms with Gasteiger partial charge in [-0.1, -0.05) is 18.2 Å². The number of aromatic nitrogens is 5. The molecule has 0 unspecified atom stereocenters. The van der Waals surface area contributed by atoms with Crippen LogP contribution in [0.15, 0.2) is 65.7 Å². The van der Waals surface area contributed by atoms with E-state index < -0.39 is 12.7 Å². The lowest BCUT2D eigenvalue weighted by Gasteiger charge is -2.43. The van der Waals surface area contributed by atoms with Gasteiger partial charge in [0.05, 0.1) is 39.9 Å². The van der Waals surface area contributed by atoms with E-state index in [9.17, 15) is 9.36 Å². The lowest BCUT2D eigenvalue weighted by Crippen LogP contribution is -2.55. The standard InChI is InChI=1S/C42H52BrN10O4P/c1-42(2,3)57-41(54)53-19-17-51(18-20-53)28-13-15-52(16-14-28)36-22-37(56-29-11-12-29)34(21-31(36)27-23-46-50(4)26-27)48-40-45-24-32(43)39(49-40)47-35-25-44-33-10-8-7-9-30(33)38(35)58(5,6)55/h7-10,21-26,28-29H,11-20H2,1-6H3,(H2,45,47,48,49). The molecule has 8 rings (SSSR count). The third-order valence-electron chi connectivity index (χ3n) is 10.7. The minimum absolute atomic E-state index is 0.156. The van der Waals surface area contributed by atoms with E-state index in [4.69, 9.17) is 14.5 Å². The number of piperidine rings is 1. The van der Waals surface area contributed by atoms with E-state index in [0.29, 0.717) is 41.1 Å². The van der Waals surface area contributed by atoms with Crippen molar-refractivity contribution in [2.24, 2.45) is 7.05 Å². The van der Waals surface area contributed by atoms with Gasteiger partial charge in [-0.05, 0) is 87.8 Å². The molecule has 0 bridgehead atoms. The molecule has 3 aliphatic rings. The molecule has 14 nitrogen and oxygen atoms in total. The number of piperazine rings is 1. The van der Waals surface area contributed by atoms with Crippen LogP contribution in [0, 0.1) is 0 Å². The lowest BCUT2D eigenvalue weighted by atomic mass is 9.98. The second-order valence-corrected chi connectivity index (χ2v) is 20.8. The van der Waals surface area contributed by atoms with E-state index in [1.54, 1.807) is 25.7 Å². The first-order chi connectivity index (χ1) is 27.7. The number of hydrogen-bond donors (Lipinski definition) is 2. The van der Waals surface area contributed by atoms with Crippen molar-refractivity contribution in [1.82, 2.24) is 34.5 Å². The van der Waals surface area contributed by atoms with Gasteiger partial charge in [-0.15, -0.1) is 0 Å². The summed E-state index contributed by atoms with van der Waals surface area (Å²) in [5.41, 5.74) is 4.80. The molecule has 1 amide bonds. The van der Waals surface area contributed by atoms with E-state index >= 15 is 0 Å². The fourth-order valence-electron chi connectivity index (χ4n) is 7.81. The van der Waals surface area contributed by atoms with Crippen LogP contribution in [0.3, 0.4) is 0 Å². The van der Waals surface area contributed by atoms with Crippen molar-refractivity contribution in [3.8, 4) is 16.9 Å². The van der Waals surface area contributed by atoms with Gasteiger partial charge in [-0.25, -0.2) is 9.78 Å². The van der Waals surface area contributed by atoms with E-state index in [1.807, 2.05) is 74.1 Å². The minimum Gasteiger partial charge on any atom is -0.488 e. The van der Waals surface area contributed by atoms with Crippen molar-refractivity contribution in [2.45, 2.75) is 64.2 Å². The van der Waals surface area contributed by atoms with Gasteiger partial charge in [0.15, 0.2) is 0 Å². The van der Waals surface area contributed by atoms with Gasteiger partial charge in [0.25, 0.3) is 0 Å². The van der Waals surface area contributed by atoms with Crippen LogP contribution in [-0.4, -0.2) is 111 Å². The zero-order valence-corrected chi connectivity index (χ0v) is 36.5. The molecule has 0 radical (unpaired) electrons. The first kappa shape index (κ1) is 40.1.